The van der Waals surface area contributed by atoms with E-state index in [4.69, 9.17) is 14.5 Å². The van der Waals surface area contributed by atoms with Crippen molar-refractivity contribution in [2.75, 3.05) is 46.9 Å². The lowest BCUT2D eigenvalue weighted by Crippen LogP contribution is -2.47. The third kappa shape index (κ3) is 4.72. The average Bonchev–Trinajstić information content (AvgIpc) is 3.06. The molecule has 34 heavy (non-hydrogen) atoms. The molecule has 2 aliphatic rings. The van der Waals surface area contributed by atoms with Crippen LogP contribution < -0.4 is 9.47 Å². The second kappa shape index (κ2) is 10.4. The summed E-state index contributed by atoms with van der Waals surface area (Å²) in [6, 6.07) is 19.7. The molecule has 1 atom stereocenters. The Morgan fingerprint density at radius 3 is 2.50 bits per heavy atom. The average molecular weight is 456 g/mol. The minimum absolute atomic E-state index is 0.298. The van der Waals surface area contributed by atoms with Gasteiger partial charge in [0, 0.05) is 44.6 Å². The first-order chi connectivity index (χ1) is 16.8. The Kier molecular flexibility index (Phi) is 6.93. The smallest absolute Gasteiger partial charge is 0.161 e. The summed E-state index contributed by atoms with van der Waals surface area (Å²) in [5, 5.41) is 0. The van der Waals surface area contributed by atoms with Crippen LogP contribution in [0.5, 0.6) is 11.5 Å². The summed E-state index contributed by atoms with van der Waals surface area (Å²) in [7, 11) is 3.34. The van der Waals surface area contributed by atoms with Crippen molar-refractivity contribution in [2.24, 2.45) is 0 Å². The van der Waals surface area contributed by atoms with Crippen LogP contribution in [0.25, 0.3) is 6.08 Å². The van der Waals surface area contributed by atoms with Crippen molar-refractivity contribution >= 4 is 6.08 Å². The van der Waals surface area contributed by atoms with Gasteiger partial charge in [-0.2, -0.15) is 0 Å². The van der Waals surface area contributed by atoms with Crippen molar-refractivity contribution in [2.45, 2.75) is 18.9 Å². The van der Waals surface area contributed by atoms with Crippen LogP contribution >= 0.6 is 0 Å². The predicted molar refractivity (Wildman–Crippen MR) is 137 cm³/mol. The zero-order valence-corrected chi connectivity index (χ0v) is 20.1. The molecule has 2 heterocycles. The molecule has 1 unspecified atom stereocenters. The lowest BCUT2D eigenvalue weighted by Gasteiger charge is -2.40. The minimum atomic E-state index is 0.298. The number of benzene rings is 2. The Balaban J connectivity index is 1.26. The number of ether oxygens (including phenoxy) is 2. The second-order valence-corrected chi connectivity index (χ2v) is 8.99. The molecule has 2 aromatic carbocycles. The van der Waals surface area contributed by atoms with Gasteiger partial charge in [0.2, 0.25) is 0 Å². The van der Waals surface area contributed by atoms with Crippen LogP contribution in [0.15, 0.2) is 66.9 Å². The molecule has 0 bridgehead atoms. The van der Waals surface area contributed by atoms with Crippen LogP contribution in [0.4, 0.5) is 0 Å². The fraction of sp³-hybridized carbons (Fsp3) is 0.345. The zero-order valence-electron chi connectivity index (χ0n) is 20.1. The Morgan fingerprint density at radius 2 is 1.68 bits per heavy atom. The fourth-order valence-electron chi connectivity index (χ4n) is 5.25. The summed E-state index contributed by atoms with van der Waals surface area (Å²) in [6.45, 7) is 5.17. The van der Waals surface area contributed by atoms with E-state index in [-0.39, 0.29) is 0 Å². The molecule has 3 aromatic rings. The lowest BCUT2D eigenvalue weighted by molar-refractivity contribution is 0.117. The van der Waals surface area contributed by atoms with E-state index in [0.717, 1.165) is 62.6 Å². The van der Waals surface area contributed by atoms with Crippen LogP contribution in [0.3, 0.4) is 0 Å². The first-order valence-electron chi connectivity index (χ1n) is 12.1. The number of hydrogen-bond donors (Lipinski definition) is 0. The van der Waals surface area contributed by atoms with E-state index >= 15 is 0 Å². The number of fused-ring (bicyclic) bond motifs is 2. The van der Waals surface area contributed by atoms with Gasteiger partial charge in [-0.1, -0.05) is 48.6 Å². The van der Waals surface area contributed by atoms with Crippen molar-refractivity contribution in [3.05, 3.63) is 94.8 Å². The maximum atomic E-state index is 5.42. The molecule has 1 saturated heterocycles. The van der Waals surface area contributed by atoms with Gasteiger partial charge in [-0.15, -0.1) is 0 Å². The highest BCUT2D eigenvalue weighted by Crippen LogP contribution is 2.36. The third-order valence-corrected chi connectivity index (χ3v) is 7.05. The maximum Gasteiger partial charge on any atom is 0.161 e. The van der Waals surface area contributed by atoms with E-state index in [1.807, 2.05) is 18.3 Å². The van der Waals surface area contributed by atoms with E-state index in [0.29, 0.717) is 6.04 Å². The summed E-state index contributed by atoms with van der Waals surface area (Å²) >= 11 is 0. The van der Waals surface area contributed by atoms with Crippen molar-refractivity contribution in [3.63, 3.8) is 0 Å². The molecule has 0 spiro atoms. The molecule has 0 amide bonds. The highest BCUT2D eigenvalue weighted by molar-refractivity contribution is 5.56. The van der Waals surface area contributed by atoms with E-state index in [1.54, 1.807) is 14.2 Å². The first kappa shape index (κ1) is 22.6. The summed E-state index contributed by atoms with van der Waals surface area (Å²) < 4.78 is 10.8. The topological polar surface area (TPSA) is 37.8 Å². The van der Waals surface area contributed by atoms with E-state index < -0.39 is 0 Å². The van der Waals surface area contributed by atoms with Gasteiger partial charge in [-0.05, 0) is 53.3 Å². The summed E-state index contributed by atoms with van der Waals surface area (Å²) in [5.41, 5.74) is 6.68. The third-order valence-electron chi connectivity index (χ3n) is 7.05. The fourth-order valence-corrected chi connectivity index (χ4v) is 5.25. The van der Waals surface area contributed by atoms with Crippen LogP contribution in [-0.2, 0) is 12.8 Å². The van der Waals surface area contributed by atoms with Crippen molar-refractivity contribution < 1.29 is 9.47 Å². The quantitative estimate of drug-likeness (QED) is 0.542. The lowest BCUT2D eigenvalue weighted by atomic mass is 9.94. The summed E-state index contributed by atoms with van der Waals surface area (Å²) in [6.07, 6.45) is 8.44. The van der Waals surface area contributed by atoms with E-state index in [1.165, 1.54) is 22.4 Å². The number of aromatic nitrogens is 1. The summed E-state index contributed by atoms with van der Waals surface area (Å²) in [5.74, 6) is 1.52. The first-order valence-corrected chi connectivity index (χ1v) is 12.1. The highest BCUT2D eigenvalue weighted by atomic mass is 16.5. The number of nitrogens with zero attached hydrogens (tertiary/aromatic N) is 3. The molecule has 5 nitrogen and oxygen atoms in total. The molecular formula is C29H33N3O2. The number of rotatable bonds is 6. The van der Waals surface area contributed by atoms with Gasteiger partial charge in [0.05, 0.1) is 20.3 Å². The molecule has 1 aliphatic carbocycles. The number of methoxy groups -OCH3 is 2. The monoisotopic (exact) mass is 455 g/mol. The van der Waals surface area contributed by atoms with Crippen molar-refractivity contribution in [1.29, 1.82) is 0 Å². The SMILES string of the molecule is COc1ccc(C=CCN2CCN(C3c4ccccc4CCc4ncccc43)CC2)cc1OC. The largest absolute Gasteiger partial charge is 0.493 e. The van der Waals surface area contributed by atoms with Crippen LogP contribution in [0, 0.1) is 0 Å². The van der Waals surface area contributed by atoms with E-state index in [9.17, 15) is 0 Å². The Hall–Kier alpha value is -3.15. The van der Waals surface area contributed by atoms with Gasteiger partial charge in [0.25, 0.3) is 0 Å². The molecule has 0 saturated carbocycles. The normalized spacial score (nSPS) is 18.8. The summed E-state index contributed by atoms with van der Waals surface area (Å²) in [4.78, 5) is 9.93. The van der Waals surface area contributed by atoms with Crippen LogP contribution in [0.1, 0.15) is 34.0 Å². The number of aryl methyl sites for hydroxylation is 2. The van der Waals surface area contributed by atoms with Gasteiger partial charge < -0.3 is 9.47 Å². The van der Waals surface area contributed by atoms with Gasteiger partial charge in [-0.25, -0.2) is 0 Å². The van der Waals surface area contributed by atoms with Gasteiger partial charge >= 0.3 is 0 Å². The predicted octanol–water partition coefficient (Wildman–Crippen LogP) is 4.62. The van der Waals surface area contributed by atoms with Crippen LogP contribution in [0.2, 0.25) is 0 Å². The standard InChI is InChI=1S/C29H33N3O2/c1-33-27-14-11-22(21-28(27)34-2)7-6-16-31-17-19-32(20-18-31)29-24-9-4-3-8-23(24)12-13-26-25(29)10-5-15-30-26/h3-11,14-15,21,29H,12-13,16-20H2,1-2H3. The van der Waals surface area contributed by atoms with Gasteiger partial charge in [-0.3, -0.25) is 14.8 Å². The van der Waals surface area contributed by atoms with E-state index in [2.05, 4.69) is 64.4 Å². The molecule has 176 valence electrons. The zero-order chi connectivity index (χ0) is 23.3. The van der Waals surface area contributed by atoms with Gasteiger partial charge in [0.1, 0.15) is 0 Å². The molecule has 0 N–H and O–H groups in total. The molecule has 5 heteroatoms. The highest BCUT2D eigenvalue weighted by Gasteiger charge is 2.31. The number of pyridine rings is 1. The number of piperazine rings is 1. The Bertz CT molecular complexity index is 1100. The van der Waals surface area contributed by atoms with Crippen LogP contribution in [-0.4, -0.2) is 61.7 Å². The second-order valence-electron chi connectivity index (χ2n) is 8.99. The molecule has 0 radical (unpaired) electrons. The molecule has 1 aliphatic heterocycles. The molecular weight excluding hydrogens is 422 g/mol. The number of hydrogen-bond acceptors (Lipinski definition) is 5. The van der Waals surface area contributed by atoms with Crippen molar-refractivity contribution in [3.8, 4) is 11.5 Å². The molecule has 1 fully saturated rings. The van der Waals surface area contributed by atoms with Gasteiger partial charge in [0.15, 0.2) is 11.5 Å². The molecule has 5 rings (SSSR count). The maximum absolute atomic E-state index is 5.42. The van der Waals surface area contributed by atoms with Crippen molar-refractivity contribution in [1.82, 2.24) is 14.8 Å². The molecule has 1 aromatic heterocycles. The Morgan fingerprint density at radius 1 is 0.882 bits per heavy atom. The minimum Gasteiger partial charge on any atom is -0.493 e. The Labute approximate surface area is 202 Å².